The van der Waals surface area contributed by atoms with E-state index in [2.05, 4.69) is 10.6 Å². The largest absolute Gasteiger partial charge is 0.467 e. The standard InChI is InChI=1S/C14H20N4O3/c1-11(2)18(7-4-6-15)13(19)10-17-14(20)16-9-12-5-3-8-21-12/h3,5,8,11H,4,7,9-10H2,1-2H3,(H2,16,17,20). The van der Waals surface area contributed by atoms with Gasteiger partial charge >= 0.3 is 6.03 Å². The van der Waals surface area contributed by atoms with Crippen LogP contribution in [-0.2, 0) is 11.3 Å². The number of hydrogen-bond acceptors (Lipinski definition) is 4. The molecule has 0 bridgehead atoms. The van der Waals surface area contributed by atoms with Gasteiger partial charge in [-0.3, -0.25) is 4.79 Å². The molecule has 0 aliphatic rings. The molecule has 7 nitrogen and oxygen atoms in total. The zero-order valence-corrected chi connectivity index (χ0v) is 12.3. The first-order valence-corrected chi connectivity index (χ1v) is 6.75. The van der Waals surface area contributed by atoms with Crippen LogP contribution in [-0.4, -0.2) is 36.0 Å². The zero-order chi connectivity index (χ0) is 15.7. The fourth-order valence-electron chi connectivity index (χ4n) is 1.74. The van der Waals surface area contributed by atoms with E-state index in [0.29, 0.717) is 12.3 Å². The van der Waals surface area contributed by atoms with Gasteiger partial charge in [-0.05, 0) is 26.0 Å². The quantitative estimate of drug-likeness (QED) is 0.789. The van der Waals surface area contributed by atoms with E-state index in [0.717, 1.165) is 0 Å². The molecular weight excluding hydrogens is 272 g/mol. The van der Waals surface area contributed by atoms with Crippen molar-refractivity contribution in [3.05, 3.63) is 24.2 Å². The minimum Gasteiger partial charge on any atom is -0.467 e. The van der Waals surface area contributed by atoms with E-state index < -0.39 is 6.03 Å². The van der Waals surface area contributed by atoms with Crippen molar-refractivity contribution in [1.82, 2.24) is 15.5 Å². The van der Waals surface area contributed by atoms with Crippen LogP contribution in [0, 0.1) is 11.3 Å². The maximum Gasteiger partial charge on any atom is 0.315 e. The molecule has 0 saturated heterocycles. The van der Waals surface area contributed by atoms with Crippen molar-refractivity contribution in [2.45, 2.75) is 32.9 Å². The lowest BCUT2D eigenvalue weighted by Gasteiger charge is -2.25. The monoisotopic (exact) mass is 292 g/mol. The molecule has 2 N–H and O–H groups in total. The zero-order valence-electron chi connectivity index (χ0n) is 12.3. The van der Waals surface area contributed by atoms with Crippen molar-refractivity contribution in [2.75, 3.05) is 13.1 Å². The van der Waals surface area contributed by atoms with Crippen LogP contribution in [0.2, 0.25) is 0 Å². The molecule has 0 saturated carbocycles. The summed E-state index contributed by atoms with van der Waals surface area (Å²) in [4.78, 5) is 25.1. The molecule has 1 heterocycles. The second kappa shape index (κ2) is 8.64. The van der Waals surface area contributed by atoms with E-state index in [1.54, 1.807) is 17.0 Å². The maximum atomic E-state index is 12.0. The van der Waals surface area contributed by atoms with Gasteiger partial charge in [0.1, 0.15) is 5.76 Å². The van der Waals surface area contributed by atoms with Gasteiger partial charge in [0, 0.05) is 12.6 Å². The Labute approximate surface area is 123 Å². The van der Waals surface area contributed by atoms with Crippen LogP contribution in [0.4, 0.5) is 4.79 Å². The van der Waals surface area contributed by atoms with E-state index in [-0.39, 0.29) is 31.5 Å². The van der Waals surface area contributed by atoms with E-state index >= 15 is 0 Å². The average Bonchev–Trinajstić information content (AvgIpc) is 2.96. The van der Waals surface area contributed by atoms with Gasteiger partial charge < -0.3 is 20.0 Å². The Morgan fingerprint density at radius 1 is 1.43 bits per heavy atom. The normalized spacial score (nSPS) is 10.0. The highest BCUT2D eigenvalue weighted by Crippen LogP contribution is 2.00. The Hall–Kier alpha value is -2.49. The summed E-state index contributed by atoms with van der Waals surface area (Å²) < 4.78 is 5.08. The predicted octanol–water partition coefficient (Wildman–Crippen LogP) is 1.23. The molecule has 0 aliphatic carbocycles. The topological polar surface area (TPSA) is 98.4 Å². The molecule has 7 heteroatoms. The van der Waals surface area contributed by atoms with Crippen molar-refractivity contribution in [2.24, 2.45) is 0 Å². The first-order chi connectivity index (χ1) is 10.0. The number of carbonyl (C=O) groups is 2. The van der Waals surface area contributed by atoms with Crippen LogP contribution in [0.25, 0.3) is 0 Å². The van der Waals surface area contributed by atoms with Gasteiger partial charge in [-0.1, -0.05) is 0 Å². The van der Waals surface area contributed by atoms with Gasteiger partial charge in [0.15, 0.2) is 0 Å². The van der Waals surface area contributed by atoms with E-state index in [1.165, 1.54) is 6.26 Å². The molecule has 1 aromatic heterocycles. The summed E-state index contributed by atoms with van der Waals surface area (Å²) >= 11 is 0. The molecule has 1 aromatic rings. The van der Waals surface area contributed by atoms with Crippen LogP contribution in [0.1, 0.15) is 26.0 Å². The minimum absolute atomic E-state index is 0.0150. The van der Waals surface area contributed by atoms with Gasteiger partial charge in [0.05, 0.1) is 31.8 Å². The molecule has 0 aromatic carbocycles. The van der Waals surface area contributed by atoms with Gasteiger partial charge in [-0.2, -0.15) is 5.26 Å². The third-order valence-electron chi connectivity index (χ3n) is 2.81. The van der Waals surface area contributed by atoms with Crippen molar-refractivity contribution < 1.29 is 14.0 Å². The van der Waals surface area contributed by atoms with Gasteiger partial charge in [-0.15, -0.1) is 0 Å². The smallest absolute Gasteiger partial charge is 0.315 e. The Balaban J connectivity index is 2.33. The number of nitriles is 1. The van der Waals surface area contributed by atoms with Crippen molar-refractivity contribution >= 4 is 11.9 Å². The molecule has 0 aliphatic heterocycles. The lowest BCUT2D eigenvalue weighted by Crippen LogP contribution is -2.46. The summed E-state index contributed by atoms with van der Waals surface area (Å²) in [6.07, 6.45) is 1.79. The first-order valence-electron chi connectivity index (χ1n) is 6.75. The Kier molecular flexibility index (Phi) is 6.81. The first kappa shape index (κ1) is 16.6. The second-order valence-electron chi connectivity index (χ2n) is 4.70. The van der Waals surface area contributed by atoms with Gasteiger partial charge in [0.2, 0.25) is 5.91 Å². The Morgan fingerprint density at radius 3 is 2.76 bits per heavy atom. The van der Waals surface area contributed by atoms with Gasteiger partial charge in [-0.25, -0.2) is 4.79 Å². The second-order valence-corrected chi connectivity index (χ2v) is 4.70. The molecule has 0 unspecified atom stereocenters. The summed E-state index contributed by atoms with van der Waals surface area (Å²) in [5, 5.41) is 13.7. The van der Waals surface area contributed by atoms with Crippen molar-refractivity contribution in [1.29, 1.82) is 5.26 Å². The summed E-state index contributed by atoms with van der Waals surface area (Å²) in [5.41, 5.74) is 0. The van der Waals surface area contributed by atoms with Crippen LogP contribution >= 0.6 is 0 Å². The highest BCUT2D eigenvalue weighted by atomic mass is 16.3. The molecule has 3 amide bonds. The van der Waals surface area contributed by atoms with E-state index in [1.807, 2.05) is 19.9 Å². The van der Waals surface area contributed by atoms with Crippen LogP contribution in [0.15, 0.2) is 22.8 Å². The van der Waals surface area contributed by atoms with E-state index in [4.69, 9.17) is 9.68 Å². The molecule has 0 radical (unpaired) electrons. The number of furan rings is 1. The molecule has 1 rings (SSSR count). The molecule has 21 heavy (non-hydrogen) atoms. The molecule has 0 fully saturated rings. The fourth-order valence-corrected chi connectivity index (χ4v) is 1.74. The van der Waals surface area contributed by atoms with Crippen LogP contribution in [0.5, 0.6) is 0 Å². The number of nitrogens with one attached hydrogen (secondary N) is 2. The summed E-state index contributed by atoms with van der Waals surface area (Å²) in [6, 6.07) is 5.02. The average molecular weight is 292 g/mol. The van der Waals surface area contributed by atoms with Crippen LogP contribution < -0.4 is 10.6 Å². The number of hydrogen-bond donors (Lipinski definition) is 2. The van der Waals surface area contributed by atoms with E-state index in [9.17, 15) is 9.59 Å². The Morgan fingerprint density at radius 2 is 2.19 bits per heavy atom. The van der Waals surface area contributed by atoms with Crippen LogP contribution in [0.3, 0.4) is 0 Å². The summed E-state index contributed by atoms with van der Waals surface area (Å²) in [5.74, 6) is 0.419. The minimum atomic E-state index is -0.441. The molecule has 0 atom stereocenters. The third kappa shape index (κ3) is 5.99. The SMILES string of the molecule is CC(C)N(CCC#N)C(=O)CNC(=O)NCc1ccco1. The third-order valence-corrected chi connectivity index (χ3v) is 2.81. The number of amides is 3. The number of carbonyl (C=O) groups excluding carboxylic acids is 2. The highest BCUT2D eigenvalue weighted by Gasteiger charge is 2.17. The van der Waals surface area contributed by atoms with Crippen molar-refractivity contribution in [3.63, 3.8) is 0 Å². The maximum absolute atomic E-state index is 12.0. The summed E-state index contributed by atoms with van der Waals surface area (Å²) in [6.45, 7) is 4.25. The molecule has 114 valence electrons. The van der Waals surface area contributed by atoms with Crippen molar-refractivity contribution in [3.8, 4) is 6.07 Å². The lowest BCUT2D eigenvalue weighted by molar-refractivity contribution is -0.131. The molecule has 0 spiro atoms. The number of urea groups is 1. The highest BCUT2D eigenvalue weighted by molar-refractivity contribution is 5.84. The number of rotatable bonds is 7. The lowest BCUT2D eigenvalue weighted by atomic mass is 10.3. The fraction of sp³-hybridized carbons (Fsp3) is 0.500. The Bertz CT molecular complexity index is 491. The predicted molar refractivity (Wildman–Crippen MR) is 76.0 cm³/mol. The summed E-state index contributed by atoms with van der Waals surface area (Å²) in [7, 11) is 0. The number of nitrogens with zero attached hydrogens (tertiary/aromatic N) is 2. The molecular formula is C14H20N4O3. The van der Waals surface area contributed by atoms with Gasteiger partial charge in [0.25, 0.3) is 0 Å².